The molecule has 168 valence electrons. The van der Waals surface area contributed by atoms with Crippen molar-refractivity contribution in [3.05, 3.63) is 93.8 Å². The van der Waals surface area contributed by atoms with Crippen LogP contribution in [0.15, 0.2) is 59.6 Å². The average molecular weight is 444 g/mol. The lowest BCUT2D eigenvalue weighted by atomic mass is 9.91. The van der Waals surface area contributed by atoms with Crippen LogP contribution in [0, 0.1) is 12.7 Å². The van der Waals surface area contributed by atoms with Crippen LogP contribution >= 0.6 is 0 Å². The van der Waals surface area contributed by atoms with E-state index in [1.807, 2.05) is 6.92 Å². The minimum Gasteiger partial charge on any atom is -0.508 e. The highest BCUT2D eigenvalue weighted by molar-refractivity contribution is 5.91. The molecule has 0 bridgehead atoms. The van der Waals surface area contributed by atoms with E-state index in [2.05, 4.69) is 33.8 Å². The number of nitrogens with one attached hydrogen (secondary N) is 2. The topological polar surface area (TPSA) is 73.7 Å². The number of rotatable bonds is 4. The molecular formula is C27H26FN3O2. The number of phenols is 1. The summed E-state index contributed by atoms with van der Waals surface area (Å²) in [5.41, 5.74) is 7.13. The molecule has 3 aromatic carbocycles. The van der Waals surface area contributed by atoms with Crippen LogP contribution in [0.25, 0.3) is 0 Å². The Labute approximate surface area is 192 Å². The maximum Gasteiger partial charge on any atom is 0.245 e. The zero-order valence-electron chi connectivity index (χ0n) is 18.4. The first kappa shape index (κ1) is 21.2. The van der Waals surface area contributed by atoms with Crippen LogP contribution < -0.4 is 10.6 Å². The largest absolute Gasteiger partial charge is 0.508 e. The minimum absolute atomic E-state index is 0.0915. The van der Waals surface area contributed by atoms with Gasteiger partial charge in [-0.15, -0.1) is 0 Å². The van der Waals surface area contributed by atoms with Gasteiger partial charge in [0.15, 0.2) is 0 Å². The SMILES string of the molecule is Cc1cc(O)cc2c1CC(C(=O)NC1CCNc3ccc(Cc4ccc(F)cc4)cc31)N=C2. The number of hydrogen-bond donors (Lipinski definition) is 3. The Morgan fingerprint density at radius 1 is 1.15 bits per heavy atom. The number of aromatic hydroxyl groups is 1. The fraction of sp³-hybridized carbons (Fsp3) is 0.259. The summed E-state index contributed by atoms with van der Waals surface area (Å²) in [6.07, 6.45) is 3.70. The number of phenolic OH excluding ortho intramolecular Hbond substituents is 1. The quantitative estimate of drug-likeness (QED) is 0.558. The van der Waals surface area contributed by atoms with Gasteiger partial charge < -0.3 is 15.7 Å². The van der Waals surface area contributed by atoms with Crippen LogP contribution in [-0.4, -0.2) is 29.8 Å². The van der Waals surface area contributed by atoms with Crippen molar-refractivity contribution in [3.8, 4) is 5.75 Å². The zero-order chi connectivity index (χ0) is 22.9. The number of nitrogens with zero attached hydrogens (tertiary/aromatic N) is 1. The molecule has 5 nitrogen and oxygen atoms in total. The number of anilines is 1. The Kier molecular flexibility index (Phi) is 5.58. The van der Waals surface area contributed by atoms with Crippen molar-refractivity contribution >= 4 is 17.8 Å². The smallest absolute Gasteiger partial charge is 0.245 e. The standard InChI is InChI=1S/C27H26FN3O2/c1-16-10-21(32)13-19-15-30-26(14-22(16)19)27(33)31-25-8-9-29-24-7-4-18(12-23(24)25)11-17-2-5-20(28)6-3-17/h2-7,10,12-13,15,25-26,29,32H,8-9,11,14H2,1H3,(H,31,33). The lowest BCUT2D eigenvalue weighted by Crippen LogP contribution is -2.40. The van der Waals surface area contributed by atoms with Crippen molar-refractivity contribution in [2.24, 2.45) is 4.99 Å². The van der Waals surface area contributed by atoms with Crippen LogP contribution in [0.2, 0.25) is 0 Å². The summed E-state index contributed by atoms with van der Waals surface area (Å²) < 4.78 is 13.2. The van der Waals surface area contributed by atoms with Gasteiger partial charge in [0.25, 0.3) is 0 Å². The van der Waals surface area contributed by atoms with Gasteiger partial charge in [-0.25, -0.2) is 4.39 Å². The average Bonchev–Trinajstić information content (AvgIpc) is 2.80. The maximum atomic E-state index is 13.2. The summed E-state index contributed by atoms with van der Waals surface area (Å²) in [6, 6.07) is 15.6. The lowest BCUT2D eigenvalue weighted by Gasteiger charge is -2.30. The third kappa shape index (κ3) is 4.46. The number of halogens is 1. The highest BCUT2D eigenvalue weighted by Crippen LogP contribution is 2.32. The Hall–Kier alpha value is -3.67. The van der Waals surface area contributed by atoms with Crippen LogP contribution in [0.5, 0.6) is 5.75 Å². The van der Waals surface area contributed by atoms with E-state index in [0.717, 1.165) is 52.0 Å². The second-order valence-electron chi connectivity index (χ2n) is 8.83. The molecule has 1 amide bonds. The van der Waals surface area contributed by atoms with E-state index < -0.39 is 6.04 Å². The number of fused-ring (bicyclic) bond motifs is 2. The second-order valence-corrected chi connectivity index (χ2v) is 8.83. The van der Waals surface area contributed by atoms with Crippen molar-refractivity contribution < 1.29 is 14.3 Å². The molecule has 0 saturated carbocycles. The number of aliphatic imine (C=N–C) groups is 1. The van der Waals surface area contributed by atoms with E-state index in [-0.39, 0.29) is 23.5 Å². The van der Waals surface area contributed by atoms with E-state index in [4.69, 9.17) is 0 Å². The van der Waals surface area contributed by atoms with E-state index in [1.54, 1.807) is 30.5 Å². The number of hydrogen-bond acceptors (Lipinski definition) is 4. The van der Waals surface area contributed by atoms with Crippen LogP contribution in [0.1, 0.15) is 45.8 Å². The van der Waals surface area contributed by atoms with Gasteiger partial charge in [-0.1, -0.05) is 24.3 Å². The van der Waals surface area contributed by atoms with E-state index >= 15 is 0 Å². The molecule has 0 aliphatic carbocycles. The van der Waals surface area contributed by atoms with Crippen LogP contribution in [0.3, 0.4) is 0 Å². The summed E-state index contributed by atoms with van der Waals surface area (Å²) in [6.45, 7) is 2.72. The van der Waals surface area contributed by atoms with E-state index in [1.165, 1.54) is 12.1 Å². The molecule has 0 radical (unpaired) electrons. The molecule has 6 heteroatoms. The molecule has 5 rings (SSSR count). The van der Waals surface area contributed by atoms with Gasteiger partial charge >= 0.3 is 0 Å². The lowest BCUT2D eigenvalue weighted by molar-refractivity contribution is -0.123. The normalized spacial score (nSPS) is 18.7. The number of carbonyl (C=O) groups is 1. The fourth-order valence-electron chi connectivity index (χ4n) is 4.73. The third-order valence-corrected chi connectivity index (χ3v) is 6.46. The third-order valence-electron chi connectivity index (χ3n) is 6.46. The predicted molar refractivity (Wildman–Crippen MR) is 128 cm³/mol. The van der Waals surface area contributed by atoms with E-state index in [9.17, 15) is 14.3 Å². The summed E-state index contributed by atoms with van der Waals surface area (Å²) in [7, 11) is 0. The van der Waals surface area contributed by atoms with Crippen molar-refractivity contribution in [2.75, 3.05) is 11.9 Å². The zero-order valence-corrected chi connectivity index (χ0v) is 18.4. The summed E-state index contributed by atoms with van der Waals surface area (Å²) in [5, 5.41) is 16.4. The van der Waals surface area contributed by atoms with Gasteiger partial charge in [-0.05, 0) is 83.5 Å². The monoisotopic (exact) mass is 443 g/mol. The Bertz CT molecular complexity index is 1240. The van der Waals surface area contributed by atoms with Gasteiger partial charge in [0.05, 0.1) is 6.04 Å². The Morgan fingerprint density at radius 2 is 1.94 bits per heavy atom. The second kappa shape index (κ2) is 8.70. The number of amides is 1. The van der Waals surface area contributed by atoms with Crippen LogP contribution in [0.4, 0.5) is 10.1 Å². The predicted octanol–water partition coefficient (Wildman–Crippen LogP) is 4.45. The van der Waals surface area contributed by atoms with Gasteiger partial charge in [0, 0.05) is 24.9 Å². The molecule has 0 spiro atoms. The first-order valence-electron chi connectivity index (χ1n) is 11.2. The number of benzene rings is 3. The molecule has 3 aromatic rings. The Balaban J connectivity index is 1.33. The van der Waals surface area contributed by atoms with E-state index in [0.29, 0.717) is 12.8 Å². The van der Waals surface area contributed by atoms with Gasteiger partial charge in [-0.3, -0.25) is 9.79 Å². The molecule has 2 aliphatic rings. The first-order valence-corrected chi connectivity index (χ1v) is 11.2. The highest BCUT2D eigenvalue weighted by Gasteiger charge is 2.28. The highest BCUT2D eigenvalue weighted by atomic mass is 19.1. The summed E-state index contributed by atoms with van der Waals surface area (Å²) in [4.78, 5) is 17.6. The maximum absolute atomic E-state index is 13.2. The molecule has 0 fully saturated rings. The molecule has 0 aromatic heterocycles. The molecule has 3 N–H and O–H groups in total. The van der Waals surface area contributed by atoms with Gasteiger partial charge in [0.2, 0.25) is 5.91 Å². The molecule has 2 unspecified atom stereocenters. The van der Waals surface area contributed by atoms with Crippen molar-refractivity contribution in [3.63, 3.8) is 0 Å². The minimum atomic E-state index is -0.485. The van der Waals surface area contributed by atoms with Crippen molar-refractivity contribution in [2.45, 2.75) is 38.3 Å². The Morgan fingerprint density at radius 3 is 2.76 bits per heavy atom. The summed E-state index contributed by atoms with van der Waals surface area (Å²) >= 11 is 0. The van der Waals surface area contributed by atoms with Crippen molar-refractivity contribution in [1.82, 2.24) is 5.32 Å². The summed E-state index contributed by atoms with van der Waals surface area (Å²) in [5.74, 6) is -0.120. The molecular weight excluding hydrogens is 417 g/mol. The molecule has 2 atom stereocenters. The fourth-order valence-corrected chi connectivity index (χ4v) is 4.73. The van der Waals surface area contributed by atoms with Crippen molar-refractivity contribution in [1.29, 1.82) is 0 Å². The van der Waals surface area contributed by atoms with Gasteiger partial charge in [-0.2, -0.15) is 0 Å². The molecule has 33 heavy (non-hydrogen) atoms. The molecule has 2 heterocycles. The number of carbonyl (C=O) groups excluding carboxylic acids is 1. The molecule has 0 saturated heterocycles. The number of aryl methyl sites for hydroxylation is 1. The van der Waals surface area contributed by atoms with Gasteiger partial charge in [0.1, 0.15) is 17.6 Å². The van der Waals surface area contributed by atoms with Crippen LogP contribution in [-0.2, 0) is 17.6 Å². The first-order chi connectivity index (χ1) is 16.0. The molecule has 2 aliphatic heterocycles.